The van der Waals surface area contributed by atoms with Gasteiger partial charge in [-0.15, -0.1) is 11.3 Å². The van der Waals surface area contributed by atoms with Crippen LogP contribution in [0.4, 0.5) is 5.69 Å². The zero-order valence-corrected chi connectivity index (χ0v) is 11.2. The molecule has 0 spiro atoms. The van der Waals surface area contributed by atoms with Gasteiger partial charge in [-0.25, -0.2) is 4.98 Å². The van der Waals surface area contributed by atoms with Crippen molar-refractivity contribution in [2.45, 2.75) is 13.0 Å². The minimum absolute atomic E-state index is 0.125. The lowest BCUT2D eigenvalue weighted by Gasteiger charge is -2.14. The van der Waals surface area contributed by atoms with Gasteiger partial charge in [-0.2, -0.15) is 0 Å². The number of benzene rings is 1. The van der Waals surface area contributed by atoms with Gasteiger partial charge in [0.25, 0.3) is 0 Å². The van der Waals surface area contributed by atoms with Crippen molar-refractivity contribution in [2.24, 2.45) is 0 Å². The number of thiazole rings is 1. The third-order valence-corrected chi connectivity index (χ3v) is 3.66. The summed E-state index contributed by atoms with van der Waals surface area (Å²) in [7, 11) is 1.64. The van der Waals surface area contributed by atoms with E-state index in [9.17, 15) is 0 Å². The van der Waals surface area contributed by atoms with E-state index in [4.69, 9.17) is 16.3 Å². The second-order valence-corrected chi connectivity index (χ2v) is 4.92. The lowest BCUT2D eigenvalue weighted by Crippen LogP contribution is -2.06. The van der Waals surface area contributed by atoms with Gasteiger partial charge in [-0.05, 0) is 19.1 Å². The van der Waals surface area contributed by atoms with Gasteiger partial charge >= 0.3 is 0 Å². The highest BCUT2D eigenvalue weighted by Gasteiger charge is 2.10. The average molecular weight is 269 g/mol. The molecule has 0 radical (unpaired) electrons. The summed E-state index contributed by atoms with van der Waals surface area (Å²) in [5.74, 6) is 0.781. The molecule has 0 aliphatic carbocycles. The van der Waals surface area contributed by atoms with E-state index >= 15 is 0 Å². The largest absolute Gasteiger partial charge is 0.497 e. The number of rotatable bonds is 4. The molecule has 17 heavy (non-hydrogen) atoms. The molecule has 1 atom stereocenters. The maximum atomic E-state index is 6.12. The molecular formula is C12H13ClN2OS. The minimum atomic E-state index is 0.125. The Labute approximate surface area is 109 Å². The van der Waals surface area contributed by atoms with Crippen LogP contribution in [0.15, 0.2) is 29.8 Å². The van der Waals surface area contributed by atoms with E-state index in [1.54, 1.807) is 24.6 Å². The predicted molar refractivity (Wildman–Crippen MR) is 72.2 cm³/mol. The van der Waals surface area contributed by atoms with E-state index in [-0.39, 0.29) is 6.04 Å². The number of anilines is 1. The van der Waals surface area contributed by atoms with Crippen LogP contribution in [0.2, 0.25) is 5.02 Å². The van der Waals surface area contributed by atoms with Crippen LogP contribution < -0.4 is 10.1 Å². The molecule has 0 bridgehead atoms. The SMILES string of the molecule is COc1ccc(Cl)c(NC(C)c2nccs2)c1. The van der Waals surface area contributed by atoms with Crippen molar-refractivity contribution in [2.75, 3.05) is 12.4 Å². The number of hydrogen-bond donors (Lipinski definition) is 1. The monoisotopic (exact) mass is 268 g/mol. The molecule has 0 aliphatic heterocycles. The van der Waals surface area contributed by atoms with Gasteiger partial charge in [0, 0.05) is 17.6 Å². The summed E-state index contributed by atoms with van der Waals surface area (Å²) < 4.78 is 5.17. The second kappa shape index (κ2) is 5.38. The maximum absolute atomic E-state index is 6.12. The zero-order valence-electron chi connectivity index (χ0n) is 9.61. The van der Waals surface area contributed by atoms with Gasteiger partial charge in [-0.1, -0.05) is 11.6 Å². The number of nitrogens with one attached hydrogen (secondary N) is 1. The third kappa shape index (κ3) is 2.90. The van der Waals surface area contributed by atoms with Crippen LogP contribution in [0, 0.1) is 0 Å². The van der Waals surface area contributed by atoms with E-state index in [0.717, 1.165) is 16.4 Å². The van der Waals surface area contributed by atoms with Crippen LogP contribution in [0.25, 0.3) is 0 Å². The molecule has 90 valence electrons. The fraction of sp³-hybridized carbons (Fsp3) is 0.250. The Morgan fingerprint density at radius 1 is 1.47 bits per heavy atom. The first kappa shape index (κ1) is 12.2. The van der Waals surface area contributed by atoms with E-state index in [1.165, 1.54) is 0 Å². The third-order valence-electron chi connectivity index (χ3n) is 2.37. The first-order chi connectivity index (χ1) is 8.20. The Bertz CT molecular complexity index is 487. The van der Waals surface area contributed by atoms with Gasteiger partial charge < -0.3 is 10.1 Å². The molecule has 2 rings (SSSR count). The van der Waals surface area contributed by atoms with E-state index in [0.29, 0.717) is 5.02 Å². The summed E-state index contributed by atoms with van der Waals surface area (Å²) in [5.41, 5.74) is 0.855. The van der Waals surface area contributed by atoms with Crippen LogP contribution in [0.1, 0.15) is 18.0 Å². The summed E-state index contributed by atoms with van der Waals surface area (Å²) in [5, 5.41) is 6.99. The first-order valence-electron chi connectivity index (χ1n) is 5.20. The first-order valence-corrected chi connectivity index (χ1v) is 6.46. The Morgan fingerprint density at radius 3 is 2.94 bits per heavy atom. The second-order valence-electron chi connectivity index (χ2n) is 3.58. The molecule has 2 aromatic rings. The van der Waals surface area contributed by atoms with Crippen LogP contribution in [-0.4, -0.2) is 12.1 Å². The molecular weight excluding hydrogens is 256 g/mol. The zero-order chi connectivity index (χ0) is 12.3. The van der Waals surface area contributed by atoms with Crippen molar-refractivity contribution < 1.29 is 4.74 Å². The Morgan fingerprint density at radius 2 is 2.29 bits per heavy atom. The van der Waals surface area contributed by atoms with Crippen molar-refractivity contribution in [1.82, 2.24) is 4.98 Å². The Hall–Kier alpha value is -1.26. The molecule has 0 amide bonds. The average Bonchev–Trinajstić information content (AvgIpc) is 2.85. The van der Waals surface area contributed by atoms with Gasteiger partial charge in [0.05, 0.1) is 23.9 Å². The summed E-state index contributed by atoms with van der Waals surface area (Å²) >= 11 is 7.74. The fourth-order valence-corrected chi connectivity index (χ4v) is 2.30. The van der Waals surface area contributed by atoms with Gasteiger partial charge in [0.2, 0.25) is 0 Å². The quantitative estimate of drug-likeness (QED) is 0.911. The molecule has 1 N–H and O–H groups in total. The number of halogens is 1. The van der Waals surface area contributed by atoms with Gasteiger partial charge in [-0.3, -0.25) is 0 Å². The van der Waals surface area contributed by atoms with Crippen LogP contribution in [-0.2, 0) is 0 Å². The maximum Gasteiger partial charge on any atom is 0.121 e. The summed E-state index contributed by atoms with van der Waals surface area (Å²) in [6.45, 7) is 2.05. The van der Waals surface area contributed by atoms with Crippen molar-refractivity contribution in [3.8, 4) is 5.75 Å². The molecule has 1 heterocycles. The van der Waals surface area contributed by atoms with E-state index < -0.39 is 0 Å². The molecule has 1 aromatic heterocycles. The van der Waals surface area contributed by atoms with Crippen molar-refractivity contribution in [3.05, 3.63) is 39.8 Å². The number of methoxy groups -OCH3 is 1. The highest BCUT2D eigenvalue weighted by Crippen LogP contribution is 2.30. The molecule has 5 heteroatoms. The van der Waals surface area contributed by atoms with Crippen LogP contribution >= 0.6 is 22.9 Å². The fourth-order valence-electron chi connectivity index (χ4n) is 1.49. The van der Waals surface area contributed by atoms with Crippen molar-refractivity contribution in [1.29, 1.82) is 0 Å². The Kier molecular flexibility index (Phi) is 3.86. The molecule has 0 fully saturated rings. The molecule has 3 nitrogen and oxygen atoms in total. The lowest BCUT2D eigenvalue weighted by atomic mass is 10.2. The van der Waals surface area contributed by atoms with Crippen LogP contribution in [0.3, 0.4) is 0 Å². The number of hydrogen-bond acceptors (Lipinski definition) is 4. The molecule has 0 aliphatic rings. The van der Waals surface area contributed by atoms with E-state index in [1.807, 2.05) is 23.6 Å². The van der Waals surface area contributed by atoms with Crippen molar-refractivity contribution >= 4 is 28.6 Å². The summed E-state index contributed by atoms with van der Waals surface area (Å²) in [6, 6.07) is 5.66. The van der Waals surface area contributed by atoms with Gasteiger partial charge in [0.1, 0.15) is 10.8 Å². The van der Waals surface area contributed by atoms with Gasteiger partial charge in [0.15, 0.2) is 0 Å². The topological polar surface area (TPSA) is 34.1 Å². The molecule has 0 saturated heterocycles. The summed E-state index contributed by atoms with van der Waals surface area (Å²) in [4.78, 5) is 4.27. The summed E-state index contributed by atoms with van der Waals surface area (Å²) in [6.07, 6.45) is 1.80. The standard InChI is InChI=1S/C12H13ClN2OS/c1-8(12-14-5-6-17-12)15-11-7-9(16-2)3-4-10(11)13/h3-8,15H,1-2H3. The molecule has 1 aromatic carbocycles. The Balaban J connectivity index is 2.18. The number of ether oxygens (including phenoxy) is 1. The normalized spacial score (nSPS) is 12.2. The number of aromatic nitrogens is 1. The highest BCUT2D eigenvalue weighted by atomic mass is 35.5. The van der Waals surface area contributed by atoms with Crippen LogP contribution in [0.5, 0.6) is 5.75 Å². The minimum Gasteiger partial charge on any atom is -0.497 e. The highest BCUT2D eigenvalue weighted by molar-refractivity contribution is 7.09. The number of nitrogens with zero attached hydrogens (tertiary/aromatic N) is 1. The lowest BCUT2D eigenvalue weighted by molar-refractivity contribution is 0.415. The smallest absolute Gasteiger partial charge is 0.121 e. The van der Waals surface area contributed by atoms with E-state index in [2.05, 4.69) is 17.2 Å². The van der Waals surface area contributed by atoms with Crippen molar-refractivity contribution in [3.63, 3.8) is 0 Å². The molecule has 1 unspecified atom stereocenters. The molecule has 0 saturated carbocycles. The predicted octanol–water partition coefficient (Wildman–Crippen LogP) is 3.98.